The van der Waals surface area contributed by atoms with Crippen LogP contribution in [0.15, 0.2) is 35.6 Å². The number of amides is 1. The van der Waals surface area contributed by atoms with Crippen molar-refractivity contribution in [3.63, 3.8) is 0 Å². The highest BCUT2D eigenvalue weighted by molar-refractivity contribution is 5.88. The zero-order valence-electron chi connectivity index (χ0n) is 30.8. The number of anilines is 1. The lowest BCUT2D eigenvalue weighted by molar-refractivity contribution is -0.143. The third kappa shape index (κ3) is 16.7. The van der Waals surface area contributed by atoms with Crippen molar-refractivity contribution in [1.82, 2.24) is 9.97 Å². The molecule has 0 aliphatic carbocycles. The van der Waals surface area contributed by atoms with Gasteiger partial charge in [-0.15, -0.1) is 0 Å². The summed E-state index contributed by atoms with van der Waals surface area (Å²) >= 11 is 0. The van der Waals surface area contributed by atoms with Gasteiger partial charge in [-0.1, -0.05) is 36.5 Å². The van der Waals surface area contributed by atoms with E-state index in [0.29, 0.717) is 78.2 Å². The molecule has 3 rings (SSSR count). The summed E-state index contributed by atoms with van der Waals surface area (Å²) in [5.41, 5.74) is 10.7. The van der Waals surface area contributed by atoms with Gasteiger partial charge in [-0.2, -0.15) is 0 Å². The topological polar surface area (TPSA) is 167 Å². The van der Waals surface area contributed by atoms with Crippen LogP contribution in [0.25, 0.3) is 10.4 Å². The Bertz CT molecular complexity index is 1360. The van der Waals surface area contributed by atoms with Crippen molar-refractivity contribution in [3.05, 3.63) is 57.7 Å². The normalized spacial score (nSPS) is 13.2. The quantitative estimate of drug-likeness (QED) is 0.0359. The van der Waals surface area contributed by atoms with Crippen LogP contribution in [0.5, 0.6) is 5.88 Å². The minimum absolute atomic E-state index is 0.00605. The van der Waals surface area contributed by atoms with E-state index < -0.39 is 5.60 Å². The minimum atomic E-state index is -0.557. The molecule has 2 aromatic heterocycles. The molecule has 0 unspecified atom stereocenters. The number of pyridine rings is 2. The third-order valence-electron chi connectivity index (χ3n) is 8.02. The second kappa shape index (κ2) is 23.5. The molecule has 0 fully saturated rings. The van der Waals surface area contributed by atoms with Crippen molar-refractivity contribution in [1.29, 1.82) is 0 Å². The lowest BCUT2D eigenvalue weighted by atomic mass is 9.91. The summed E-state index contributed by atoms with van der Waals surface area (Å²) in [6.07, 6.45) is 9.26. The van der Waals surface area contributed by atoms with Crippen LogP contribution in [0.4, 0.5) is 10.6 Å². The molecular weight excluding hydrogens is 656 g/mol. The summed E-state index contributed by atoms with van der Waals surface area (Å²) in [6.45, 7) is 11.6. The van der Waals surface area contributed by atoms with Gasteiger partial charge in [0.2, 0.25) is 5.88 Å². The fraction of sp³-hybridized carbons (Fsp3) is 0.676. The molecule has 14 heteroatoms. The Kier molecular flexibility index (Phi) is 19.1. The van der Waals surface area contributed by atoms with E-state index in [9.17, 15) is 9.59 Å². The Morgan fingerprint density at radius 1 is 0.961 bits per heavy atom. The van der Waals surface area contributed by atoms with Gasteiger partial charge < -0.3 is 28.4 Å². The first-order valence-electron chi connectivity index (χ1n) is 18.2. The first-order chi connectivity index (χ1) is 24.7. The molecule has 0 spiro atoms. The van der Waals surface area contributed by atoms with Crippen LogP contribution in [0.3, 0.4) is 0 Å². The standard InChI is InChI=1S/C37H56N6O8/c1-5-49-34(44)27-30(31-15-17-33(39-28-31)50-26-25-48-24-23-47-22-21-46-20-18-40-42-38)11-8-6-7-9-13-32-16-14-29-12-10-19-43(35(29)41-32)36(45)51-37(2,3)4/h14-17,28,30H,5-13,18-27H2,1-4H3/t30-/m1/s1. The molecule has 51 heavy (non-hydrogen) atoms. The van der Waals surface area contributed by atoms with E-state index in [4.69, 9.17) is 38.9 Å². The molecule has 1 atom stereocenters. The van der Waals surface area contributed by atoms with E-state index in [1.54, 1.807) is 11.1 Å². The molecule has 0 bridgehead atoms. The zero-order valence-corrected chi connectivity index (χ0v) is 30.8. The fourth-order valence-electron chi connectivity index (χ4n) is 5.59. The molecule has 0 aromatic carbocycles. The largest absolute Gasteiger partial charge is 0.475 e. The van der Waals surface area contributed by atoms with Crippen molar-refractivity contribution in [3.8, 4) is 5.88 Å². The summed E-state index contributed by atoms with van der Waals surface area (Å²) < 4.78 is 32.9. The average Bonchev–Trinajstić information content (AvgIpc) is 3.10. The molecular formula is C37H56N6O8. The van der Waals surface area contributed by atoms with Crippen molar-refractivity contribution in [2.45, 2.75) is 97.0 Å². The van der Waals surface area contributed by atoms with Crippen LogP contribution in [0, 0.1) is 0 Å². The molecule has 2 aromatic rings. The smallest absolute Gasteiger partial charge is 0.416 e. The van der Waals surface area contributed by atoms with Crippen LogP contribution < -0.4 is 9.64 Å². The number of nitrogens with zero attached hydrogens (tertiary/aromatic N) is 6. The summed E-state index contributed by atoms with van der Waals surface area (Å²) in [5, 5.41) is 3.39. The second-order valence-corrected chi connectivity index (χ2v) is 13.2. The summed E-state index contributed by atoms with van der Waals surface area (Å²) in [7, 11) is 0. The maximum Gasteiger partial charge on any atom is 0.416 e. The summed E-state index contributed by atoms with van der Waals surface area (Å²) in [6, 6.07) is 7.98. The van der Waals surface area contributed by atoms with Gasteiger partial charge in [0.05, 0.1) is 52.7 Å². The highest BCUT2D eigenvalue weighted by Crippen LogP contribution is 2.29. The predicted octanol–water partition coefficient (Wildman–Crippen LogP) is 7.13. The van der Waals surface area contributed by atoms with Gasteiger partial charge in [-0.05, 0) is 88.4 Å². The highest BCUT2D eigenvalue weighted by atomic mass is 16.6. The number of azide groups is 1. The number of fused-ring (bicyclic) bond motifs is 1. The molecule has 0 radical (unpaired) electrons. The van der Waals surface area contributed by atoms with Gasteiger partial charge in [0.25, 0.3) is 0 Å². The second-order valence-electron chi connectivity index (χ2n) is 13.2. The van der Waals surface area contributed by atoms with Crippen LogP contribution in [0.1, 0.15) is 95.4 Å². The maximum absolute atomic E-state index is 12.8. The third-order valence-corrected chi connectivity index (χ3v) is 8.02. The van der Waals surface area contributed by atoms with Gasteiger partial charge >= 0.3 is 12.1 Å². The van der Waals surface area contributed by atoms with Gasteiger partial charge in [0.1, 0.15) is 18.0 Å². The monoisotopic (exact) mass is 712 g/mol. The molecule has 0 N–H and O–H groups in total. The average molecular weight is 713 g/mol. The van der Waals surface area contributed by atoms with Crippen LogP contribution in [-0.2, 0) is 41.3 Å². The SMILES string of the molecule is CCOC(=O)C[C@@H](CCCCCCc1ccc2c(n1)N(C(=O)OC(C)(C)C)CCC2)c1ccc(OCCOCCOCCOCCN=[N+]=[N-])nc1. The van der Waals surface area contributed by atoms with E-state index >= 15 is 0 Å². The molecule has 0 saturated heterocycles. The lowest BCUT2D eigenvalue weighted by Gasteiger charge is -2.31. The van der Waals surface area contributed by atoms with Crippen molar-refractivity contribution in [2.75, 3.05) is 70.8 Å². The molecule has 1 amide bonds. The van der Waals surface area contributed by atoms with Gasteiger partial charge in [-0.3, -0.25) is 9.69 Å². The lowest BCUT2D eigenvalue weighted by Crippen LogP contribution is -2.40. The van der Waals surface area contributed by atoms with E-state index in [-0.39, 0.29) is 18.0 Å². The predicted molar refractivity (Wildman–Crippen MR) is 193 cm³/mol. The number of unbranched alkanes of at least 4 members (excludes halogenated alkanes) is 3. The summed E-state index contributed by atoms with van der Waals surface area (Å²) in [5.74, 6) is 1.03. The van der Waals surface area contributed by atoms with Crippen molar-refractivity contribution >= 4 is 17.9 Å². The first kappa shape index (κ1) is 41.5. The minimum Gasteiger partial charge on any atom is -0.475 e. The molecule has 1 aliphatic heterocycles. The van der Waals surface area contributed by atoms with E-state index in [2.05, 4.69) is 27.1 Å². The Hall–Kier alpha value is -3.97. The number of aromatic nitrogens is 2. The molecule has 0 saturated carbocycles. The van der Waals surface area contributed by atoms with E-state index in [0.717, 1.165) is 74.0 Å². The number of carbonyl (C=O) groups excluding carboxylic acids is 2. The molecule has 1 aliphatic rings. The number of carbonyl (C=O) groups is 2. The van der Waals surface area contributed by atoms with Gasteiger partial charge in [-0.25, -0.2) is 14.8 Å². The first-order valence-corrected chi connectivity index (χ1v) is 18.2. The van der Waals surface area contributed by atoms with Crippen molar-refractivity contribution in [2.24, 2.45) is 5.11 Å². The number of ether oxygens (including phenoxy) is 6. The van der Waals surface area contributed by atoms with Gasteiger partial charge in [0.15, 0.2) is 0 Å². The van der Waals surface area contributed by atoms with Crippen molar-refractivity contribution < 1.29 is 38.0 Å². The Labute approximate surface area is 302 Å². The molecule has 282 valence electrons. The van der Waals surface area contributed by atoms with E-state index in [1.165, 1.54) is 0 Å². The molecule has 14 nitrogen and oxygen atoms in total. The van der Waals surface area contributed by atoms with Gasteiger partial charge in [0, 0.05) is 36.0 Å². The van der Waals surface area contributed by atoms with Crippen LogP contribution >= 0.6 is 0 Å². The number of aryl methyl sites for hydroxylation is 2. The molecule has 3 heterocycles. The number of rotatable bonds is 24. The van der Waals surface area contributed by atoms with E-state index in [1.807, 2.05) is 39.8 Å². The fourth-order valence-corrected chi connectivity index (χ4v) is 5.59. The number of hydrogen-bond acceptors (Lipinski definition) is 11. The Morgan fingerprint density at radius 3 is 2.37 bits per heavy atom. The number of hydrogen-bond donors (Lipinski definition) is 0. The summed E-state index contributed by atoms with van der Waals surface area (Å²) in [4.78, 5) is 38.9. The highest BCUT2D eigenvalue weighted by Gasteiger charge is 2.28. The zero-order chi connectivity index (χ0) is 36.7. The van der Waals surface area contributed by atoms with Crippen LogP contribution in [0.2, 0.25) is 0 Å². The maximum atomic E-state index is 12.8. The Balaban J connectivity index is 1.37. The van der Waals surface area contributed by atoms with Crippen LogP contribution in [-0.4, -0.2) is 93.6 Å². The number of esters is 1. The Morgan fingerprint density at radius 2 is 1.69 bits per heavy atom.